The van der Waals surface area contributed by atoms with E-state index in [1.165, 1.54) is 22.7 Å². The number of hydrogen-bond donors (Lipinski definition) is 1. The lowest BCUT2D eigenvalue weighted by Crippen LogP contribution is -2.36. The van der Waals surface area contributed by atoms with Crippen LogP contribution >= 0.6 is 34.3 Å². The number of morpholine rings is 2. The number of fused-ring (bicyclic) bond motifs is 10. The van der Waals surface area contributed by atoms with Gasteiger partial charge in [0.25, 0.3) is 0 Å². The van der Waals surface area contributed by atoms with Crippen LogP contribution in [0, 0.1) is 0 Å². The number of pyridine rings is 4. The molecule has 2 saturated heterocycles. The van der Waals surface area contributed by atoms with Crippen molar-refractivity contribution in [3.8, 4) is 0 Å². The van der Waals surface area contributed by atoms with Crippen molar-refractivity contribution in [1.82, 2.24) is 24.1 Å². The zero-order valence-electron chi connectivity index (χ0n) is 32.2. The van der Waals surface area contributed by atoms with E-state index in [0.29, 0.717) is 44.9 Å². The summed E-state index contributed by atoms with van der Waals surface area (Å²) >= 11 is 8.78. The first kappa shape index (κ1) is 40.3. The van der Waals surface area contributed by atoms with E-state index in [0.717, 1.165) is 65.6 Å². The highest BCUT2D eigenvalue weighted by molar-refractivity contribution is 7.24. The molecule has 0 spiro atoms. The second-order valence-corrected chi connectivity index (χ2v) is 15.7. The molecular weight excluding hydrogens is 816 g/mol. The van der Waals surface area contributed by atoms with Crippen LogP contribution in [0.15, 0.2) is 82.4 Å². The van der Waals surface area contributed by atoms with E-state index in [1.807, 2.05) is 59.0 Å². The Balaban J connectivity index is 0.000000146. The number of nitrogens with one attached hydrogen (secondary N) is 1. The molecule has 2 aromatic carbocycles. The van der Waals surface area contributed by atoms with Gasteiger partial charge in [-0.1, -0.05) is 35.9 Å². The Morgan fingerprint density at radius 2 is 1.19 bits per heavy atom. The number of aromatic nitrogens is 4. The van der Waals surface area contributed by atoms with Crippen LogP contribution in [-0.2, 0) is 18.9 Å². The quantitative estimate of drug-likeness (QED) is 0.147. The first-order chi connectivity index (χ1) is 28.8. The molecule has 17 heteroatoms. The first-order valence-corrected chi connectivity index (χ1v) is 21.2. The van der Waals surface area contributed by atoms with Crippen molar-refractivity contribution in [1.29, 1.82) is 0 Å². The molecule has 14 nitrogen and oxygen atoms in total. The summed E-state index contributed by atoms with van der Waals surface area (Å²) in [5.41, 5.74) is 2.14. The second-order valence-electron chi connectivity index (χ2n) is 13.3. The average molecular weight is 855 g/mol. The number of nitrogens with zero attached hydrogens (tertiary/aromatic N) is 5. The number of benzene rings is 2. The Morgan fingerprint density at radius 3 is 1.68 bits per heavy atom. The number of rotatable bonds is 5. The van der Waals surface area contributed by atoms with E-state index in [4.69, 9.17) is 35.5 Å². The number of halogens is 1. The van der Waals surface area contributed by atoms with Gasteiger partial charge in [0.05, 0.1) is 70.8 Å². The molecule has 1 N–H and O–H groups in total. The topological polar surface area (TPSA) is 155 Å². The number of carbonyl (C=O) groups is 2. The van der Waals surface area contributed by atoms with Gasteiger partial charge in [-0.2, -0.15) is 0 Å². The monoisotopic (exact) mass is 854 g/mol. The van der Waals surface area contributed by atoms with Crippen LogP contribution in [0.2, 0.25) is 5.15 Å². The van der Waals surface area contributed by atoms with Crippen molar-refractivity contribution in [2.24, 2.45) is 0 Å². The van der Waals surface area contributed by atoms with Crippen molar-refractivity contribution in [2.45, 2.75) is 13.8 Å². The largest absolute Gasteiger partial charge is 0.462 e. The highest BCUT2D eigenvalue weighted by Crippen LogP contribution is 2.33. The first-order valence-electron chi connectivity index (χ1n) is 19.2. The minimum atomic E-state index is -0.622. The molecule has 2 aliphatic rings. The maximum absolute atomic E-state index is 13.2. The van der Waals surface area contributed by atoms with Gasteiger partial charge in [0.2, 0.25) is 10.9 Å². The van der Waals surface area contributed by atoms with E-state index in [-0.39, 0.29) is 40.4 Å². The SMILES string of the molecule is C1COCCN1.CCOC(=O)c1c(=O)c2ccc(Cl)nc2n2c1sc1ccccc12.CCOC(=O)c1c(=O)c2ccc(N3CCOCC3)nc2n2c1sc1ccccc12. The molecule has 0 bridgehead atoms. The molecule has 6 aromatic heterocycles. The van der Waals surface area contributed by atoms with Crippen LogP contribution < -0.4 is 21.1 Å². The van der Waals surface area contributed by atoms with E-state index in [2.05, 4.69) is 15.2 Å². The van der Waals surface area contributed by atoms with Crippen LogP contribution in [-0.4, -0.2) is 96.5 Å². The third-order valence-corrected chi connectivity index (χ3v) is 12.2. The number of para-hydroxylation sites is 2. The summed E-state index contributed by atoms with van der Waals surface area (Å²) in [6.45, 7) is 10.5. The molecule has 0 amide bonds. The number of esters is 2. The molecule has 8 heterocycles. The molecule has 0 unspecified atom stereocenters. The number of anilines is 1. The molecule has 0 saturated carbocycles. The van der Waals surface area contributed by atoms with Crippen molar-refractivity contribution in [3.63, 3.8) is 0 Å². The second kappa shape index (κ2) is 17.8. The molecule has 8 aromatic rings. The van der Waals surface area contributed by atoms with E-state index in [9.17, 15) is 19.2 Å². The maximum Gasteiger partial charge on any atom is 0.345 e. The number of ether oxygens (including phenoxy) is 4. The lowest BCUT2D eigenvalue weighted by molar-refractivity contribution is 0.0517. The minimum Gasteiger partial charge on any atom is -0.462 e. The van der Waals surface area contributed by atoms with Crippen molar-refractivity contribution in [2.75, 3.05) is 70.7 Å². The Kier molecular flexibility index (Phi) is 12.1. The number of hydrogen-bond acceptors (Lipinski definition) is 14. The van der Waals surface area contributed by atoms with Gasteiger partial charge < -0.3 is 29.2 Å². The minimum absolute atomic E-state index is 0.0367. The highest BCUT2D eigenvalue weighted by atomic mass is 35.5. The third-order valence-electron chi connectivity index (χ3n) is 9.67. The van der Waals surface area contributed by atoms with Crippen LogP contribution in [0.1, 0.15) is 34.6 Å². The highest BCUT2D eigenvalue weighted by Gasteiger charge is 2.25. The maximum atomic E-state index is 13.2. The number of carbonyl (C=O) groups excluding carboxylic acids is 2. The summed E-state index contributed by atoms with van der Waals surface area (Å²) in [6.07, 6.45) is 0. The van der Waals surface area contributed by atoms with Gasteiger partial charge >= 0.3 is 11.9 Å². The van der Waals surface area contributed by atoms with Gasteiger partial charge in [0.1, 0.15) is 31.8 Å². The summed E-state index contributed by atoms with van der Waals surface area (Å²) in [4.78, 5) is 63.5. The van der Waals surface area contributed by atoms with Gasteiger partial charge in [-0.15, -0.1) is 22.7 Å². The Hall–Kier alpha value is -5.49. The zero-order valence-corrected chi connectivity index (χ0v) is 34.6. The number of thiazole rings is 2. The molecule has 2 fully saturated rings. The summed E-state index contributed by atoms with van der Waals surface area (Å²) in [6, 6.07) is 22.2. The van der Waals surface area contributed by atoms with Crippen molar-refractivity contribution >= 4 is 104 Å². The van der Waals surface area contributed by atoms with Gasteiger partial charge in [0.15, 0.2) is 11.3 Å². The smallest absolute Gasteiger partial charge is 0.345 e. The molecule has 10 rings (SSSR count). The van der Waals surface area contributed by atoms with Gasteiger partial charge in [0, 0.05) is 26.2 Å². The van der Waals surface area contributed by atoms with Gasteiger partial charge in [-0.05, 0) is 62.4 Å². The zero-order chi connectivity index (χ0) is 41.0. The fourth-order valence-electron chi connectivity index (χ4n) is 6.99. The normalized spacial score (nSPS) is 14.3. The summed E-state index contributed by atoms with van der Waals surface area (Å²) in [5.74, 6) is -0.419. The van der Waals surface area contributed by atoms with Gasteiger partial charge in [-0.3, -0.25) is 18.4 Å². The predicted octanol–water partition coefficient (Wildman–Crippen LogP) is 6.57. The van der Waals surface area contributed by atoms with Crippen molar-refractivity contribution in [3.05, 3.63) is 110 Å². The average Bonchev–Trinajstić information content (AvgIpc) is 3.84. The molecule has 304 valence electrons. The van der Waals surface area contributed by atoms with Gasteiger partial charge in [-0.25, -0.2) is 19.6 Å². The Labute approximate surface area is 349 Å². The lowest BCUT2D eigenvalue weighted by atomic mass is 10.2. The van der Waals surface area contributed by atoms with E-state index >= 15 is 0 Å². The van der Waals surface area contributed by atoms with Crippen LogP contribution in [0.3, 0.4) is 0 Å². The van der Waals surface area contributed by atoms with E-state index in [1.54, 1.807) is 36.4 Å². The standard InChI is InChI=1S/C21H19N3O4S.C17H11ClN2O3S.C4H9NO/c1-2-28-21(26)17-18(25)13-7-8-16(23-9-11-27-12-10-23)22-19(13)24-14-5-3-4-6-15(14)29-20(17)24;1-2-23-17(22)13-14(21)9-7-8-12(18)19-15(9)20-10-5-3-4-6-11(10)24-16(13)20;1-3-6-4-2-5-1/h3-8H,2,9-12H2,1H3;3-8H,2H2,1H3;5H,1-4H2. The Morgan fingerprint density at radius 1 is 0.695 bits per heavy atom. The predicted molar refractivity (Wildman–Crippen MR) is 232 cm³/mol. The molecule has 2 aliphatic heterocycles. The van der Waals surface area contributed by atoms with Crippen LogP contribution in [0.4, 0.5) is 5.82 Å². The fraction of sp³-hybridized carbons (Fsp3) is 0.286. The van der Waals surface area contributed by atoms with Crippen LogP contribution in [0.5, 0.6) is 0 Å². The summed E-state index contributed by atoms with van der Waals surface area (Å²) < 4.78 is 26.4. The lowest BCUT2D eigenvalue weighted by Gasteiger charge is -2.27. The third kappa shape index (κ3) is 7.87. The Bertz CT molecular complexity index is 2980. The molecule has 0 aliphatic carbocycles. The summed E-state index contributed by atoms with van der Waals surface area (Å²) in [5, 5.41) is 4.19. The molecular formula is C42H39ClN6O8S2. The van der Waals surface area contributed by atoms with E-state index < -0.39 is 11.9 Å². The van der Waals surface area contributed by atoms with Crippen LogP contribution in [0.25, 0.3) is 52.2 Å². The molecule has 59 heavy (non-hydrogen) atoms. The fourth-order valence-corrected chi connectivity index (χ4v) is 9.48. The molecule has 0 radical (unpaired) electrons. The van der Waals surface area contributed by atoms with Crippen molar-refractivity contribution < 1.29 is 28.5 Å². The summed E-state index contributed by atoms with van der Waals surface area (Å²) in [7, 11) is 0. The molecule has 0 atom stereocenters.